The van der Waals surface area contributed by atoms with E-state index in [0.717, 1.165) is 32.8 Å². The number of likely N-dealkylation sites (tertiary alicyclic amines) is 1. The normalized spacial score (nSPS) is 40.6. The summed E-state index contributed by atoms with van der Waals surface area (Å²) in [6.07, 6.45) is 8.75. The number of hydrogen-bond acceptors (Lipinski definition) is 6. The van der Waals surface area contributed by atoms with Gasteiger partial charge in [-0.3, -0.25) is 4.79 Å². The largest absolute Gasteiger partial charge is 0.393 e. The molecule has 7 heteroatoms. The summed E-state index contributed by atoms with van der Waals surface area (Å²) in [6, 6.07) is 0. The SMILES string of the molecule is CC1(NCC2CCCC3CN(C(=O)C4C(O)CC(O)CC4OCC4CCCCC4)CC23)COC1. The van der Waals surface area contributed by atoms with Crippen molar-refractivity contribution in [3.05, 3.63) is 0 Å². The maximum Gasteiger partial charge on any atom is 0.230 e. The van der Waals surface area contributed by atoms with E-state index in [2.05, 4.69) is 12.2 Å². The van der Waals surface area contributed by atoms with Gasteiger partial charge in [-0.2, -0.15) is 0 Å². The van der Waals surface area contributed by atoms with Crippen LogP contribution in [0, 0.1) is 29.6 Å². The standard InChI is InChI=1S/C27H46N2O5/c1-27(16-33-17-27)28-12-19-8-5-9-20-13-29(14-22(19)20)26(32)25-23(31)10-21(30)11-24(25)34-15-18-6-3-2-4-7-18/h18-25,28,30-31H,2-17H2,1H3. The van der Waals surface area contributed by atoms with Crippen LogP contribution in [0.4, 0.5) is 0 Å². The zero-order chi connectivity index (χ0) is 23.7. The quantitative estimate of drug-likeness (QED) is 0.520. The third-order valence-corrected chi connectivity index (χ3v) is 9.58. The fourth-order valence-corrected chi connectivity index (χ4v) is 7.42. The number of hydrogen-bond donors (Lipinski definition) is 3. The lowest BCUT2D eigenvalue weighted by atomic mass is 9.73. The molecule has 0 bridgehead atoms. The van der Waals surface area contributed by atoms with Crippen molar-refractivity contribution in [2.45, 2.75) is 95.0 Å². The number of aliphatic hydroxyl groups excluding tert-OH is 2. The predicted octanol–water partition coefficient (Wildman–Crippen LogP) is 2.34. The Balaban J connectivity index is 1.20. The van der Waals surface area contributed by atoms with Gasteiger partial charge in [-0.05, 0) is 62.8 Å². The van der Waals surface area contributed by atoms with Crippen LogP contribution >= 0.6 is 0 Å². The van der Waals surface area contributed by atoms with Crippen molar-refractivity contribution < 1.29 is 24.5 Å². The van der Waals surface area contributed by atoms with E-state index in [-0.39, 0.29) is 24.0 Å². The van der Waals surface area contributed by atoms with Crippen molar-refractivity contribution in [3.8, 4) is 0 Å². The molecule has 7 unspecified atom stereocenters. The van der Waals surface area contributed by atoms with E-state index in [4.69, 9.17) is 9.47 Å². The minimum atomic E-state index is -0.828. The van der Waals surface area contributed by atoms with E-state index in [1.807, 2.05) is 4.90 Å². The number of nitrogens with one attached hydrogen (secondary N) is 1. The Labute approximate surface area is 204 Å². The lowest BCUT2D eigenvalue weighted by molar-refractivity contribution is -0.158. The fraction of sp³-hybridized carbons (Fsp3) is 0.963. The third kappa shape index (κ3) is 5.49. The Morgan fingerprint density at radius 3 is 2.59 bits per heavy atom. The van der Waals surface area contributed by atoms with Crippen molar-refractivity contribution in [1.82, 2.24) is 10.2 Å². The fourth-order valence-electron chi connectivity index (χ4n) is 7.42. The molecule has 5 rings (SSSR count). The van der Waals surface area contributed by atoms with Crippen LogP contribution in [0.5, 0.6) is 0 Å². The Kier molecular flexibility index (Phi) is 7.86. The maximum absolute atomic E-state index is 13.8. The van der Waals surface area contributed by atoms with Crippen LogP contribution in [0.2, 0.25) is 0 Å². The van der Waals surface area contributed by atoms with E-state index in [1.165, 1.54) is 51.4 Å². The van der Waals surface area contributed by atoms with Gasteiger partial charge in [0.1, 0.15) is 0 Å². The van der Waals surface area contributed by atoms with Crippen LogP contribution in [0.25, 0.3) is 0 Å². The summed E-state index contributed by atoms with van der Waals surface area (Å²) in [4.78, 5) is 15.8. The molecular formula is C27H46N2O5. The highest BCUT2D eigenvalue weighted by molar-refractivity contribution is 5.80. The van der Waals surface area contributed by atoms with E-state index in [1.54, 1.807) is 0 Å². The maximum atomic E-state index is 13.8. The first-order valence-corrected chi connectivity index (χ1v) is 14.0. The average molecular weight is 479 g/mol. The van der Waals surface area contributed by atoms with Crippen LogP contribution in [-0.2, 0) is 14.3 Å². The van der Waals surface area contributed by atoms with Crippen molar-refractivity contribution in [3.63, 3.8) is 0 Å². The number of fused-ring (bicyclic) bond motifs is 1. The smallest absolute Gasteiger partial charge is 0.230 e. The second-order valence-corrected chi connectivity index (χ2v) is 12.4. The first kappa shape index (κ1) is 24.9. The average Bonchev–Trinajstić information content (AvgIpc) is 3.25. The van der Waals surface area contributed by atoms with Gasteiger partial charge in [0.05, 0.1) is 43.0 Å². The summed E-state index contributed by atoms with van der Waals surface area (Å²) >= 11 is 0. The highest BCUT2D eigenvalue weighted by Crippen LogP contribution is 2.42. The molecule has 5 fully saturated rings. The molecule has 0 aromatic carbocycles. The first-order valence-electron chi connectivity index (χ1n) is 14.0. The molecule has 1 amide bonds. The molecule has 5 aliphatic rings. The van der Waals surface area contributed by atoms with Crippen molar-refractivity contribution in [2.24, 2.45) is 29.6 Å². The number of ether oxygens (including phenoxy) is 2. The molecule has 3 N–H and O–H groups in total. The van der Waals surface area contributed by atoms with Crippen LogP contribution in [-0.4, -0.2) is 84.3 Å². The van der Waals surface area contributed by atoms with E-state index >= 15 is 0 Å². The van der Waals surface area contributed by atoms with Gasteiger partial charge in [0.25, 0.3) is 0 Å². The summed E-state index contributed by atoms with van der Waals surface area (Å²) in [5, 5.41) is 24.9. The number of carbonyl (C=O) groups is 1. The summed E-state index contributed by atoms with van der Waals surface area (Å²) in [6.45, 7) is 7.04. The molecule has 0 aromatic heterocycles. The number of carbonyl (C=O) groups excluding carboxylic acids is 1. The summed E-state index contributed by atoms with van der Waals surface area (Å²) in [5.41, 5.74) is 0.108. The molecule has 2 heterocycles. The van der Waals surface area contributed by atoms with Gasteiger partial charge in [0, 0.05) is 32.5 Å². The molecule has 3 saturated carbocycles. The molecule has 0 radical (unpaired) electrons. The van der Waals surface area contributed by atoms with Crippen molar-refractivity contribution in [2.75, 3.05) is 39.5 Å². The Bertz CT molecular complexity index is 695. The monoisotopic (exact) mass is 478 g/mol. The number of amides is 1. The molecule has 194 valence electrons. The third-order valence-electron chi connectivity index (χ3n) is 9.58. The molecule has 2 aliphatic heterocycles. The first-order chi connectivity index (χ1) is 16.4. The van der Waals surface area contributed by atoms with Gasteiger partial charge in [0.15, 0.2) is 0 Å². The van der Waals surface area contributed by atoms with Gasteiger partial charge < -0.3 is 29.9 Å². The van der Waals surface area contributed by atoms with Crippen molar-refractivity contribution >= 4 is 5.91 Å². The zero-order valence-electron chi connectivity index (χ0n) is 21.0. The summed E-state index contributed by atoms with van der Waals surface area (Å²) < 4.78 is 11.7. The molecule has 0 spiro atoms. The zero-order valence-corrected chi connectivity index (χ0v) is 21.0. The number of aliphatic hydroxyl groups is 2. The summed E-state index contributed by atoms with van der Waals surface area (Å²) in [7, 11) is 0. The molecule has 2 saturated heterocycles. The molecule has 34 heavy (non-hydrogen) atoms. The van der Waals surface area contributed by atoms with Gasteiger partial charge in [-0.15, -0.1) is 0 Å². The van der Waals surface area contributed by atoms with Crippen LogP contribution in [0.1, 0.15) is 71.1 Å². The minimum absolute atomic E-state index is 0.0495. The summed E-state index contributed by atoms with van der Waals surface area (Å²) in [5.74, 6) is 1.73. The minimum Gasteiger partial charge on any atom is -0.393 e. The Morgan fingerprint density at radius 1 is 1.06 bits per heavy atom. The Hall–Kier alpha value is -0.730. The van der Waals surface area contributed by atoms with Crippen LogP contribution in [0.15, 0.2) is 0 Å². The number of nitrogens with zero attached hydrogens (tertiary/aromatic N) is 1. The van der Waals surface area contributed by atoms with Crippen LogP contribution < -0.4 is 5.32 Å². The Morgan fingerprint density at radius 2 is 1.85 bits per heavy atom. The van der Waals surface area contributed by atoms with Gasteiger partial charge in [0.2, 0.25) is 5.91 Å². The molecular weight excluding hydrogens is 432 g/mol. The van der Waals surface area contributed by atoms with Crippen LogP contribution in [0.3, 0.4) is 0 Å². The molecule has 0 aromatic rings. The second-order valence-electron chi connectivity index (χ2n) is 12.4. The molecule has 7 nitrogen and oxygen atoms in total. The van der Waals surface area contributed by atoms with Gasteiger partial charge >= 0.3 is 0 Å². The topological polar surface area (TPSA) is 91.3 Å². The van der Waals surface area contributed by atoms with Gasteiger partial charge in [-0.25, -0.2) is 0 Å². The predicted molar refractivity (Wildman–Crippen MR) is 129 cm³/mol. The van der Waals surface area contributed by atoms with Gasteiger partial charge in [-0.1, -0.05) is 25.7 Å². The second kappa shape index (κ2) is 10.7. The number of rotatable bonds is 7. The van der Waals surface area contributed by atoms with E-state index < -0.39 is 18.1 Å². The molecule has 7 atom stereocenters. The molecule has 3 aliphatic carbocycles. The lowest BCUT2D eigenvalue weighted by Gasteiger charge is -2.42. The highest BCUT2D eigenvalue weighted by atomic mass is 16.5. The van der Waals surface area contributed by atoms with E-state index in [0.29, 0.717) is 36.7 Å². The lowest BCUT2D eigenvalue weighted by Crippen LogP contribution is -2.59. The van der Waals surface area contributed by atoms with Crippen molar-refractivity contribution in [1.29, 1.82) is 0 Å². The highest BCUT2D eigenvalue weighted by Gasteiger charge is 2.48. The van der Waals surface area contributed by atoms with E-state index in [9.17, 15) is 15.0 Å².